The van der Waals surface area contributed by atoms with E-state index in [4.69, 9.17) is 0 Å². The van der Waals surface area contributed by atoms with E-state index >= 15 is 0 Å². The largest absolute Gasteiger partial charge is 0.506 e. The van der Waals surface area contributed by atoms with E-state index in [2.05, 4.69) is 30.8 Å². The Bertz CT molecular complexity index is 485. The first-order chi connectivity index (χ1) is 8.77. The Kier molecular flexibility index (Phi) is 4.78. The maximum atomic E-state index is 9.81. The molecule has 2 rings (SSSR count). The number of nitrogens with zero attached hydrogens (tertiary/aromatic N) is 2. The number of para-hydroxylation sites is 1. The van der Waals surface area contributed by atoms with Crippen molar-refractivity contribution in [2.24, 2.45) is 0 Å². The third-order valence-corrected chi connectivity index (χ3v) is 3.35. The van der Waals surface area contributed by atoms with Gasteiger partial charge >= 0.3 is 0 Å². The van der Waals surface area contributed by atoms with E-state index < -0.39 is 0 Å². The number of hydrogen-bond donors (Lipinski definition) is 2. The van der Waals surface area contributed by atoms with Gasteiger partial charge in [-0.1, -0.05) is 12.1 Å². The van der Waals surface area contributed by atoms with E-state index in [0.29, 0.717) is 12.3 Å². The fraction of sp³-hybridized carbons (Fsp3) is 0.308. The Morgan fingerprint density at radius 3 is 3.06 bits per heavy atom. The molecule has 0 unspecified atom stereocenters. The lowest BCUT2D eigenvalue weighted by Crippen LogP contribution is -2.16. The first-order valence-electron chi connectivity index (χ1n) is 5.90. The van der Waals surface area contributed by atoms with E-state index in [1.165, 1.54) is 0 Å². The van der Waals surface area contributed by atoms with E-state index in [1.54, 1.807) is 6.20 Å². The summed E-state index contributed by atoms with van der Waals surface area (Å²) in [4.78, 5) is 3.99. The monoisotopic (exact) mass is 309 g/mol. The molecule has 96 valence electrons. The highest BCUT2D eigenvalue weighted by atomic mass is 79.9. The van der Waals surface area contributed by atoms with Gasteiger partial charge in [0.25, 0.3) is 0 Å². The third kappa shape index (κ3) is 3.58. The fourth-order valence-electron chi connectivity index (χ4n) is 1.73. The Morgan fingerprint density at radius 1 is 1.39 bits per heavy atom. The number of aryl methyl sites for hydroxylation is 1. The summed E-state index contributed by atoms with van der Waals surface area (Å²) in [5.74, 6) is 0.319. The summed E-state index contributed by atoms with van der Waals surface area (Å²) in [5, 5.41) is 13.1. The number of imidazole rings is 1. The van der Waals surface area contributed by atoms with Crippen molar-refractivity contribution in [3.8, 4) is 5.75 Å². The molecule has 4 nitrogen and oxygen atoms in total. The van der Waals surface area contributed by atoms with Gasteiger partial charge in [-0.3, -0.25) is 0 Å². The van der Waals surface area contributed by atoms with E-state index in [-0.39, 0.29) is 0 Å². The van der Waals surface area contributed by atoms with E-state index in [0.717, 1.165) is 29.5 Å². The van der Waals surface area contributed by atoms with Crippen LogP contribution in [-0.2, 0) is 13.1 Å². The lowest BCUT2D eigenvalue weighted by molar-refractivity contribution is 0.460. The van der Waals surface area contributed by atoms with Crippen LogP contribution in [-0.4, -0.2) is 21.2 Å². The molecule has 2 N–H and O–H groups in total. The Hall–Kier alpha value is -1.33. The zero-order valence-corrected chi connectivity index (χ0v) is 11.6. The topological polar surface area (TPSA) is 50.1 Å². The molecule has 0 aliphatic heterocycles. The van der Waals surface area contributed by atoms with Gasteiger partial charge in [-0.15, -0.1) is 0 Å². The second-order valence-corrected chi connectivity index (χ2v) is 4.93. The van der Waals surface area contributed by atoms with Crippen molar-refractivity contribution < 1.29 is 5.11 Å². The van der Waals surface area contributed by atoms with E-state index in [1.807, 2.05) is 30.7 Å². The van der Waals surface area contributed by atoms with Crippen molar-refractivity contribution in [1.82, 2.24) is 14.9 Å². The van der Waals surface area contributed by atoms with Crippen molar-refractivity contribution in [3.63, 3.8) is 0 Å². The number of rotatable bonds is 6. The minimum atomic E-state index is 0.319. The summed E-state index contributed by atoms with van der Waals surface area (Å²) < 4.78 is 2.79. The second-order valence-electron chi connectivity index (χ2n) is 4.08. The molecular weight excluding hydrogens is 294 g/mol. The average molecular weight is 310 g/mol. The molecule has 5 heteroatoms. The van der Waals surface area contributed by atoms with Crippen molar-refractivity contribution in [1.29, 1.82) is 0 Å². The number of aromatic hydroxyl groups is 1. The number of phenolic OH excluding ortho intramolecular Hbond substituents is 1. The Labute approximate surface area is 115 Å². The van der Waals surface area contributed by atoms with Gasteiger partial charge in [0.2, 0.25) is 0 Å². The van der Waals surface area contributed by atoms with Gasteiger partial charge in [0.1, 0.15) is 5.75 Å². The van der Waals surface area contributed by atoms with Gasteiger partial charge in [0.05, 0.1) is 10.8 Å². The number of halogens is 1. The highest BCUT2D eigenvalue weighted by molar-refractivity contribution is 9.10. The van der Waals surface area contributed by atoms with Crippen LogP contribution >= 0.6 is 15.9 Å². The SMILES string of the molecule is Oc1c(Br)cccc1CNCCCn1ccnc1. The number of nitrogens with one attached hydrogen (secondary N) is 1. The molecule has 0 aliphatic rings. The summed E-state index contributed by atoms with van der Waals surface area (Å²) in [7, 11) is 0. The summed E-state index contributed by atoms with van der Waals surface area (Å²) in [6.45, 7) is 2.54. The molecule has 0 saturated heterocycles. The van der Waals surface area contributed by atoms with Gasteiger partial charge < -0.3 is 15.0 Å². The van der Waals surface area contributed by atoms with E-state index in [9.17, 15) is 5.11 Å². The zero-order chi connectivity index (χ0) is 12.8. The van der Waals surface area contributed by atoms with Crippen LogP contribution < -0.4 is 5.32 Å². The minimum absolute atomic E-state index is 0.319. The van der Waals surface area contributed by atoms with Gasteiger partial charge in [-0.25, -0.2) is 4.98 Å². The van der Waals surface area contributed by atoms with Crippen LogP contribution in [0.5, 0.6) is 5.75 Å². The lowest BCUT2D eigenvalue weighted by Gasteiger charge is -2.08. The van der Waals surface area contributed by atoms with Gasteiger partial charge in [0, 0.05) is 31.0 Å². The van der Waals surface area contributed by atoms with Crippen LogP contribution in [0.3, 0.4) is 0 Å². The number of phenols is 1. The molecule has 0 radical (unpaired) electrons. The lowest BCUT2D eigenvalue weighted by atomic mass is 10.2. The summed E-state index contributed by atoms with van der Waals surface area (Å²) in [6.07, 6.45) is 6.60. The molecule has 1 aromatic heterocycles. The zero-order valence-electron chi connectivity index (χ0n) is 10.0. The van der Waals surface area contributed by atoms with Crippen LogP contribution in [0, 0.1) is 0 Å². The third-order valence-electron chi connectivity index (χ3n) is 2.71. The molecule has 0 aliphatic carbocycles. The van der Waals surface area contributed by atoms with Crippen molar-refractivity contribution in [2.45, 2.75) is 19.5 Å². The summed E-state index contributed by atoms with van der Waals surface area (Å²) >= 11 is 3.31. The number of benzene rings is 1. The summed E-state index contributed by atoms with van der Waals surface area (Å²) in [5.41, 5.74) is 0.909. The van der Waals surface area contributed by atoms with Crippen LogP contribution in [0.4, 0.5) is 0 Å². The van der Waals surface area contributed by atoms with Crippen molar-refractivity contribution in [2.75, 3.05) is 6.54 Å². The Morgan fingerprint density at radius 2 is 2.28 bits per heavy atom. The van der Waals surface area contributed by atoms with Gasteiger partial charge in [-0.2, -0.15) is 0 Å². The maximum Gasteiger partial charge on any atom is 0.134 e. The fourth-order valence-corrected chi connectivity index (χ4v) is 2.14. The first-order valence-corrected chi connectivity index (χ1v) is 6.69. The normalized spacial score (nSPS) is 10.7. The molecule has 18 heavy (non-hydrogen) atoms. The molecule has 0 saturated carbocycles. The van der Waals surface area contributed by atoms with Crippen LogP contribution in [0.1, 0.15) is 12.0 Å². The summed E-state index contributed by atoms with van der Waals surface area (Å²) in [6, 6.07) is 5.67. The number of hydrogen-bond acceptors (Lipinski definition) is 3. The predicted molar refractivity (Wildman–Crippen MR) is 74.4 cm³/mol. The predicted octanol–water partition coefficient (Wildman–Crippen LogP) is 2.53. The maximum absolute atomic E-state index is 9.81. The molecule has 1 aromatic carbocycles. The van der Waals surface area contributed by atoms with Crippen LogP contribution in [0.15, 0.2) is 41.4 Å². The van der Waals surface area contributed by atoms with Crippen molar-refractivity contribution >= 4 is 15.9 Å². The van der Waals surface area contributed by atoms with Crippen LogP contribution in [0.2, 0.25) is 0 Å². The first kappa shape index (κ1) is 13.1. The molecule has 1 heterocycles. The molecule has 0 fully saturated rings. The van der Waals surface area contributed by atoms with Gasteiger partial charge in [0.15, 0.2) is 0 Å². The second kappa shape index (κ2) is 6.56. The minimum Gasteiger partial charge on any atom is -0.506 e. The quantitative estimate of drug-likeness (QED) is 0.806. The molecule has 0 spiro atoms. The molecule has 2 aromatic rings. The standard InChI is InChI=1S/C13H16BrN3O/c14-12-4-1-3-11(13(12)18)9-15-5-2-7-17-8-6-16-10-17/h1,3-4,6,8,10,15,18H,2,5,7,9H2. The molecule has 0 atom stereocenters. The molecule has 0 amide bonds. The highest BCUT2D eigenvalue weighted by Gasteiger charge is 2.03. The van der Waals surface area contributed by atoms with Crippen LogP contribution in [0.25, 0.3) is 0 Å². The molecular formula is C13H16BrN3O. The number of aromatic nitrogens is 2. The molecule has 0 bridgehead atoms. The highest BCUT2D eigenvalue weighted by Crippen LogP contribution is 2.27. The Balaban J connectivity index is 1.70. The van der Waals surface area contributed by atoms with Gasteiger partial charge in [-0.05, 0) is 35.0 Å². The van der Waals surface area contributed by atoms with Crippen molar-refractivity contribution in [3.05, 3.63) is 47.0 Å². The smallest absolute Gasteiger partial charge is 0.134 e. The average Bonchev–Trinajstić information content (AvgIpc) is 2.87.